The number of anilines is 1. The molecular formula is C26H25N3O3S3. The van der Waals surface area contributed by atoms with Gasteiger partial charge in [-0.1, -0.05) is 47.4 Å². The molecule has 180 valence electrons. The number of hydrogen-bond donors (Lipinski definition) is 0. The number of thioether (sulfide) groups is 1. The molecule has 0 unspecified atom stereocenters. The lowest BCUT2D eigenvalue weighted by atomic mass is 10.1. The van der Waals surface area contributed by atoms with Crippen LogP contribution in [0.15, 0.2) is 58.2 Å². The molecule has 2 aromatic heterocycles. The van der Waals surface area contributed by atoms with Crippen LogP contribution >= 0.6 is 34.4 Å². The third-order valence-electron chi connectivity index (χ3n) is 6.06. The van der Waals surface area contributed by atoms with Gasteiger partial charge in [0.05, 0.1) is 11.3 Å². The average molecular weight is 524 g/mol. The highest BCUT2D eigenvalue weighted by Crippen LogP contribution is 2.45. The number of carboxylic acid groups (broad SMARTS) is 1. The molecule has 6 nitrogen and oxygen atoms in total. The Balaban J connectivity index is 0.000000591. The van der Waals surface area contributed by atoms with Gasteiger partial charge in [-0.3, -0.25) is 9.36 Å². The number of nitrogens with zero attached hydrogens (tertiary/aromatic N) is 3. The number of aromatic nitrogens is 2. The molecule has 2 aliphatic rings. The molecule has 0 saturated heterocycles. The topological polar surface area (TPSA) is 69.2 Å². The fourth-order valence-corrected chi connectivity index (χ4v) is 8.47. The van der Waals surface area contributed by atoms with Crippen LogP contribution in [-0.2, 0) is 17.9 Å². The van der Waals surface area contributed by atoms with Crippen molar-refractivity contribution in [2.75, 3.05) is 11.9 Å². The van der Waals surface area contributed by atoms with Crippen molar-refractivity contribution >= 4 is 66.9 Å². The quantitative estimate of drug-likeness (QED) is 0.359. The molecule has 4 aromatic rings. The summed E-state index contributed by atoms with van der Waals surface area (Å²) in [4.78, 5) is 25.8. The molecule has 0 amide bonds. The Morgan fingerprint density at radius 1 is 1.11 bits per heavy atom. The van der Waals surface area contributed by atoms with Crippen LogP contribution in [0.5, 0.6) is 0 Å². The number of thiazole rings is 2. The summed E-state index contributed by atoms with van der Waals surface area (Å²) < 4.78 is 7.73. The minimum atomic E-state index is -1.08. The molecule has 0 spiro atoms. The average Bonchev–Trinajstić information content (AvgIpc) is 3.49. The van der Waals surface area contributed by atoms with E-state index in [-0.39, 0.29) is 5.56 Å². The Kier molecular flexibility index (Phi) is 6.57. The molecule has 0 saturated carbocycles. The van der Waals surface area contributed by atoms with Crippen molar-refractivity contribution in [2.24, 2.45) is 0 Å². The highest BCUT2D eigenvalue weighted by molar-refractivity contribution is 8.08. The van der Waals surface area contributed by atoms with Gasteiger partial charge in [0, 0.05) is 36.9 Å². The van der Waals surface area contributed by atoms with E-state index in [1.54, 1.807) is 23.1 Å². The molecule has 0 N–H and O–H groups in total. The molecule has 0 bridgehead atoms. The van der Waals surface area contributed by atoms with Crippen molar-refractivity contribution in [3.05, 3.63) is 73.1 Å². The van der Waals surface area contributed by atoms with Gasteiger partial charge in [0.15, 0.2) is 6.54 Å². The highest BCUT2D eigenvalue weighted by atomic mass is 32.2. The zero-order valence-corrected chi connectivity index (χ0v) is 22.2. The predicted octanol–water partition coefficient (Wildman–Crippen LogP) is 2.49. The molecule has 35 heavy (non-hydrogen) atoms. The normalized spacial score (nSPS) is 17.6. The maximum absolute atomic E-state index is 13.5. The Bertz CT molecular complexity index is 1630. The van der Waals surface area contributed by atoms with E-state index in [0.717, 1.165) is 40.5 Å². The van der Waals surface area contributed by atoms with Crippen LogP contribution in [0.1, 0.15) is 31.7 Å². The van der Waals surface area contributed by atoms with Crippen molar-refractivity contribution < 1.29 is 14.5 Å². The number of rotatable bonds is 1. The highest BCUT2D eigenvalue weighted by Gasteiger charge is 2.30. The zero-order chi connectivity index (χ0) is 24.7. The summed E-state index contributed by atoms with van der Waals surface area (Å²) in [5, 5.41) is 11.2. The van der Waals surface area contributed by atoms with E-state index in [9.17, 15) is 4.79 Å². The largest absolute Gasteiger partial charge is 0.550 e. The second kappa shape index (κ2) is 9.64. The number of para-hydroxylation sites is 2. The Morgan fingerprint density at radius 2 is 1.83 bits per heavy atom. The van der Waals surface area contributed by atoms with Crippen LogP contribution in [0.4, 0.5) is 5.69 Å². The minimum Gasteiger partial charge on any atom is -0.550 e. The van der Waals surface area contributed by atoms with E-state index in [2.05, 4.69) is 72.0 Å². The van der Waals surface area contributed by atoms with Gasteiger partial charge >= 0.3 is 0 Å². The summed E-state index contributed by atoms with van der Waals surface area (Å²) in [6.45, 7) is 4.78. The molecule has 2 aromatic carbocycles. The van der Waals surface area contributed by atoms with Crippen molar-refractivity contribution in [1.29, 1.82) is 0 Å². The van der Waals surface area contributed by atoms with Gasteiger partial charge in [-0.25, -0.2) is 0 Å². The summed E-state index contributed by atoms with van der Waals surface area (Å²) in [5.74, 6) is -1.08. The number of carboxylic acids is 1. The lowest BCUT2D eigenvalue weighted by Crippen LogP contribution is -2.41. The van der Waals surface area contributed by atoms with Crippen LogP contribution in [0.3, 0.4) is 0 Å². The Hall–Kier alpha value is -2.88. The molecule has 9 heteroatoms. The first-order valence-corrected chi connectivity index (χ1v) is 13.9. The van der Waals surface area contributed by atoms with Crippen LogP contribution in [0, 0.1) is 0 Å². The van der Waals surface area contributed by atoms with Gasteiger partial charge in [-0.05, 0) is 38.5 Å². The maximum Gasteiger partial charge on any atom is 0.271 e. The number of carbonyl (C=O) groups excluding carboxylic acids is 1. The summed E-state index contributed by atoms with van der Waals surface area (Å²) in [6, 6.07) is 17.0. The molecule has 4 heterocycles. The van der Waals surface area contributed by atoms with Crippen molar-refractivity contribution in [1.82, 2.24) is 4.57 Å². The summed E-state index contributed by atoms with van der Waals surface area (Å²) in [6.07, 6.45) is 2.13. The third kappa shape index (κ3) is 4.22. The van der Waals surface area contributed by atoms with E-state index in [1.807, 2.05) is 15.9 Å². The first-order valence-electron chi connectivity index (χ1n) is 11.5. The lowest BCUT2D eigenvalue weighted by molar-refractivity contribution is -0.672. The summed E-state index contributed by atoms with van der Waals surface area (Å²) >= 11 is 5.23. The fourth-order valence-electron chi connectivity index (χ4n) is 4.56. The maximum atomic E-state index is 13.5. The van der Waals surface area contributed by atoms with Crippen LogP contribution in [0.2, 0.25) is 0 Å². The van der Waals surface area contributed by atoms with E-state index >= 15 is 0 Å². The van der Waals surface area contributed by atoms with Crippen LogP contribution in [0.25, 0.3) is 20.8 Å². The molecule has 0 aliphatic carbocycles. The number of carbonyl (C=O) groups is 1. The third-order valence-corrected chi connectivity index (χ3v) is 9.89. The van der Waals surface area contributed by atoms with Crippen molar-refractivity contribution in [2.45, 2.75) is 44.7 Å². The van der Waals surface area contributed by atoms with Crippen LogP contribution < -0.4 is 29.3 Å². The number of aliphatic carboxylic acids is 1. The second-order valence-corrected chi connectivity index (χ2v) is 11.4. The molecule has 2 aliphatic heterocycles. The van der Waals surface area contributed by atoms with Gasteiger partial charge < -0.3 is 14.8 Å². The number of hydrogen-bond acceptors (Lipinski definition) is 7. The minimum absolute atomic E-state index is 0.135. The van der Waals surface area contributed by atoms with Gasteiger partial charge in [0.2, 0.25) is 5.52 Å². The molecular weight excluding hydrogens is 499 g/mol. The number of aryl methyl sites for hydroxylation is 1. The monoisotopic (exact) mass is 523 g/mol. The SMILES string of the molecule is CC(=O)[O-].CCn1c(=O)/c(=C2/Sc3ccccc3N2C)s/c1=C1/CCC[n+]2c1sc1ccccc12. The summed E-state index contributed by atoms with van der Waals surface area (Å²) in [5.41, 5.74) is 3.94. The molecule has 0 fully saturated rings. The standard InChI is InChI=1S/C24H22N3OS3.C2H4O2/c1-3-26-21(28)20(24-25(2)16-10-4-6-12-18(16)30-24)31-22(26)15-9-8-14-27-17-11-5-7-13-19(17)29-23(15)27;1-2(3)4/h4-7,10-13H,3,8-9,14H2,1-2H3;1H3,(H,3,4)/q+1;/p-1/b24-20-;. The van der Waals surface area contributed by atoms with E-state index in [4.69, 9.17) is 9.90 Å². The van der Waals surface area contributed by atoms with Gasteiger partial charge in [-0.15, -0.1) is 11.3 Å². The zero-order valence-electron chi connectivity index (χ0n) is 19.7. The van der Waals surface area contributed by atoms with Crippen LogP contribution in [-0.4, -0.2) is 17.6 Å². The van der Waals surface area contributed by atoms with Crippen molar-refractivity contribution in [3.63, 3.8) is 0 Å². The number of benzene rings is 2. The molecule has 0 atom stereocenters. The van der Waals surface area contributed by atoms with E-state index in [1.165, 1.54) is 31.4 Å². The first kappa shape index (κ1) is 23.8. The van der Waals surface area contributed by atoms with Gasteiger partial charge in [-0.2, -0.15) is 4.57 Å². The number of fused-ring (bicyclic) bond motifs is 4. The molecule has 0 radical (unpaired) electrons. The van der Waals surface area contributed by atoms with Gasteiger partial charge in [0.1, 0.15) is 18.9 Å². The Morgan fingerprint density at radius 3 is 2.57 bits per heavy atom. The second-order valence-electron chi connectivity index (χ2n) is 8.32. The molecule has 6 rings (SSSR count). The smallest absolute Gasteiger partial charge is 0.271 e. The van der Waals surface area contributed by atoms with E-state index < -0.39 is 5.97 Å². The van der Waals surface area contributed by atoms with E-state index in [0.29, 0.717) is 6.54 Å². The van der Waals surface area contributed by atoms with Gasteiger partial charge in [0.25, 0.3) is 10.6 Å². The lowest BCUT2D eigenvalue weighted by Gasteiger charge is -2.11. The summed E-state index contributed by atoms with van der Waals surface area (Å²) in [7, 11) is 2.07. The van der Waals surface area contributed by atoms with Crippen molar-refractivity contribution in [3.8, 4) is 0 Å². The first-order chi connectivity index (χ1) is 16.9. The Labute approximate surface area is 215 Å². The fraction of sp³-hybridized carbons (Fsp3) is 0.269. The predicted molar refractivity (Wildman–Crippen MR) is 142 cm³/mol.